The van der Waals surface area contributed by atoms with Crippen LogP contribution in [0.3, 0.4) is 0 Å². The van der Waals surface area contributed by atoms with E-state index in [0.29, 0.717) is 6.61 Å². The molecule has 5 heteroatoms. The van der Waals surface area contributed by atoms with Gasteiger partial charge in [0, 0.05) is 12.2 Å². The highest BCUT2D eigenvalue weighted by Crippen LogP contribution is 2.25. The number of anilines is 1. The first-order valence-electron chi connectivity index (χ1n) is 8.93. The molecule has 1 fully saturated rings. The molecular weight excluding hydrogens is 304 g/mol. The molecule has 0 saturated heterocycles. The van der Waals surface area contributed by atoms with Crippen molar-refractivity contribution >= 4 is 11.6 Å². The average Bonchev–Trinajstić information content (AvgIpc) is 2.58. The van der Waals surface area contributed by atoms with Crippen LogP contribution in [0.2, 0.25) is 0 Å². The Balaban J connectivity index is 1.86. The molecule has 24 heavy (non-hydrogen) atoms. The summed E-state index contributed by atoms with van der Waals surface area (Å²) in [5.74, 6) is 1.03. The fourth-order valence-electron chi connectivity index (χ4n) is 3.18. The Kier molecular flexibility index (Phi) is 7.06. The SMILES string of the molecule is CCOc1ccc(NC(=O)C(C)N(C)CC2CCCCC2O)cc1. The van der Waals surface area contributed by atoms with E-state index in [9.17, 15) is 9.90 Å². The molecule has 0 radical (unpaired) electrons. The normalized spacial score (nSPS) is 22.2. The van der Waals surface area contributed by atoms with Crippen molar-refractivity contribution in [3.8, 4) is 5.75 Å². The zero-order valence-electron chi connectivity index (χ0n) is 15.0. The van der Waals surface area contributed by atoms with Crippen LogP contribution in [-0.2, 0) is 4.79 Å². The molecule has 0 aromatic heterocycles. The van der Waals surface area contributed by atoms with Crippen LogP contribution in [0.25, 0.3) is 0 Å². The summed E-state index contributed by atoms with van der Waals surface area (Å²) in [6.45, 7) is 5.22. The summed E-state index contributed by atoms with van der Waals surface area (Å²) >= 11 is 0. The van der Waals surface area contributed by atoms with Gasteiger partial charge in [-0.2, -0.15) is 0 Å². The van der Waals surface area contributed by atoms with Gasteiger partial charge in [-0.05, 0) is 63.9 Å². The quantitative estimate of drug-likeness (QED) is 0.805. The van der Waals surface area contributed by atoms with E-state index in [1.54, 1.807) is 0 Å². The van der Waals surface area contributed by atoms with Crippen LogP contribution in [-0.4, -0.2) is 48.3 Å². The smallest absolute Gasteiger partial charge is 0.241 e. The fraction of sp³-hybridized carbons (Fsp3) is 0.632. The van der Waals surface area contributed by atoms with Crippen molar-refractivity contribution in [1.82, 2.24) is 4.90 Å². The number of benzene rings is 1. The van der Waals surface area contributed by atoms with Crippen molar-refractivity contribution in [2.45, 2.75) is 51.7 Å². The zero-order valence-corrected chi connectivity index (χ0v) is 15.0. The molecule has 5 nitrogen and oxygen atoms in total. The summed E-state index contributed by atoms with van der Waals surface area (Å²) in [6, 6.07) is 7.16. The highest BCUT2D eigenvalue weighted by Gasteiger charge is 2.27. The van der Waals surface area contributed by atoms with Gasteiger partial charge in [0.25, 0.3) is 0 Å². The summed E-state index contributed by atoms with van der Waals surface area (Å²) in [4.78, 5) is 14.5. The van der Waals surface area contributed by atoms with Gasteiger partial charge in [-0.15, -0.1) is 0 Å². The van der Waals surface area contributed by atoms with Crippen LogP contribution < -0.4 is 10.1 Å². The molecular formula is C19H30N2O3. The van der Waals surface area contributed by atoms with Gasteiger partial charge >= 0.3 is 0 Å². The minimum absolute atomic E-state index is 0.0352. The number of hydrogen-bond acceptors (Lipinski definition) is 4. The van der Waals surface area contributed by atoms with E-state index in [-0.39, 0.29) is 24.0 Å². The number of likely N-dealkylation sites (N-methyl/N-ethyl adjacent to an activating group) is 1. The first-order chi connectivity index (χ1) is 11.5. The van der Waals surface area contributed by atoms with Crippen molar-refractivity contribution in [1.29, 1.82) is 0 Å². The van der Waals surface area contributed by atoms with Gasteiger partial charge in [0.15, 0.2) is 0 Å². The standard InChI is InChI=1S/C19H30N2O3/c1-4-24-17-11-9-16(10-12-17)20-19(23)14(2)21(3)13-15-7-5-6-8-18(15)22/h9-12,14-15,18,22H,4-8,13H2,1-3H3,(H,20,23). The lowest BCUT2D eigenvalue weighted by Crippen LogP contribution is -2.44. The number of aliphatic hydroxyl groups is 1. The molecule has 1 aliphatic carbocycles. The Morgan fingerprint density at radius 1 is 1.33 bits per heavy atom. The molecule has 1 amide bonds. The first-order valence-corrected chi connectivity index (χ1v) is 8.93. The molecule has 0 heterocycles. The summed E-state index contributed by atoms with van der Waals surface area (Å²) in [5, 5.41) is 13.0. The Morgan fingerprint density at radius 2 is 2.00 bits per heavy atom. The van der Waals surface area contributed by atoms with Crippen LogP contribution in [0.1, 0.15) is 39.5 Å². The second-order valence-corrected chi connectivity index (χ2v) is 6.67. The lowest BCUT2D eigenvalue weighted by Gasteiger charge is -2.33. The molecule has 1 saturated carbocycles. The third-order valence-electron chi connectivity index (χ3n) is 4.86. The van der Waals surface area contributed by atoms with E-state index < -0.39 is 0 Å². The van der Waals surface area contributed by atoms with Gasteiger partial charge in [0.1, 0.15) is 5.75 Å². The molecule has 2 N–H and O–H groups in total. The summed E-state index contributed by atoms with van der Waals surface area (Å²) < 4.78 is 5.40. The molecule has 2 rings (SSSR count). The number of hydrogen-bond donors (Lipinski definition) is 2. The third-order valence-corrected chi connectivity index (χ3v) is 4.86. The number of carbonyl (C=O) groups excluding carboxylic acids is 1. The van der Waals surface area contributed by atoms with E-state index in [1.807, 2.05) is 50.1 Å². The monoisotopic (exact) mass is 334 g/mol. The average molecular weight is 334 g/mol. The van der Waals surface area contributed by atoms with Gasteiger partial charge < -0.3 is 15.2 Å². The maximum Gasteiger partial charge on any atom is 0.241 e. The van der Waals surface area contributed by atoms with Crippen LogP contribution >= 0.6 is 0 Å². The minimum Gasteiger partial charge on any atom is -0.494 e. The molecule has 0 bridgehead atoms. The van der Waals surface area contributed by atoms with Gasteiger partial charge in [-0.25, -0.2) is 0 Å². The van der Waals surface area contributed by atoms with Gasteiger partial charge in [0.05, 0.1) is 18.8 Å². The van der Waals surface area contributed by atoms with Gasteiger partial charge in [-0.1, -0.05) is 12.8 Å². The first kappa shape index (κ1) is 18.7. The number of nitrogens with zero attached hydrogens (tertiary/aromatic N) is 1. The molecule has 134 valence electrons. The molecule has 0 spiro atoms. The summed E-state index contributed by atoms with van der Waals surface area (Å²) in [5.41, 5.74) is 0.765. The Bertz CT molecular complexity index is 518. The molecule has 0 aliphatic heterocycles. The van der Waals surface area contributed by atoms with Crippen LogP contribution in [0.4, 0.5) is 5.69 Å². The second-order valence-electron chi connectivity index (χ2n) is 6.67. The highest BCUT2D eigenvalue weighted by atomic mass is 16.5. The van der Waals surface area contributed by atoms with Crippen LogP contribution in [0.15, 0.2) is 24.3 Å². The third kappa shape index (κ3) is 5.21. The number of ether oxygens (including phenoxy) is 1. The maximum absolute atomic E-state index is 12.4. The molecule has 3 atom stereocenters. The predicted octanol–water partition coefficient (Wildman–Crippen LogP) is 2.90. The lowest BCUT2D eigenvalue weighted by molar-refractivity contribution is -0.120. The number of aliphatic hydroxyl groups excluding tert-OH is 1. The Labute approximate surface area is 145 Å². The Hall–Kier alpha value is -1.59. The van der Waals surface area contributed by atoms with Crippen molar-refractivity contribution in [3.63, 3.8) is 0 Å². The van der Waals surface area contributed by atoms with Gasteiger partial charge in [-0.3, -0.25) is 9.69 Å². The fourth-order valence-corrected chi connectivity index (χ4v) is 3.18. The number of carbonyl (C=O) groups is 1. The van der Waals surface area contributed by atoms with Crippen molar-refractivity contribution < 1.29 is 14.6 Å². The number of rotatable bonds is 7. The topological polar surface area (TPSA) is 61.8 Å². The van der Waals surface area contributed by atoms with Crippen molar-refractivity contribution in [2.24, 2.45) is 5.92 Å². The van der Waals surface area contributed by atoms with E-state index in [4.69, 9.17) is 4.74 Å². The van der Waals surface area contributed by atoms with Gasteiger partial charge in [0.2, 0.25) is 5.91 Å². The maximum atomic E-state index is 12.4. The second kappa shape index (κ2) is 9.04. The van der Waals surface area contributed by atoms with Crippen LogP contribution in [0, 0.1) is 5.92 Å². The molecule has 1 aromatic carbocycles. The zero-order chi connectivity index (χ0) is 17.5. The molecule has 1 aromatic rings. The molecule has 1 aliphatic rings. The van der Waals surface area contributed by atoms with E-state index >= 15 is 0 Å². The number of amides is 1. The van der Waals surface area contributed by atoms with Crippen molar-refractivity contribution in [3.05, 3.63) is 24.3 Å². The lowest BCUT2D eigenvalue weighted by atomic mass is 9.86. The minimum atomic E-state index is -0.245. The number of nitrogens with one attached hydrogen (secondary N) is 1. The van der Waals surface area contributed by atoms with Crippen LogP contribution in [0.5, 0.6) is 5.75 Å². The Morgan fingerprint density at radius 3 is 2.62 bits per heavy atom. The largest absolute Gasteiger partial charge is 0.494 e. The highest BCUT2D eigenvalue weighted by molar-refractivity contribution is 5.94. The predicted molar refractivity (Wildman–Crippen MR) is 96.3 cm³/mol. The summed E-state index contributed by atoms with van der Waals surface area (Å²) in [6.07, 6.45) is 3.96. The molecule has 3 unspecified atom stereocenters. The van der Waals surface area contributed by atoms with E-state index in [2.05, 4.69) is 5.32 Å². The van der Waals surface area contributed by atoms with Crippen molar-refractivity contribution in [2.75, 3.05) is 25.5 Å². The summed E-state index contributed by atoms with van der Waals surface area (Å²) in [7, 11) is 1.95. The van der Waals surface area contributed by atoms with E-state index in [1.165, 1.54) is 6.42 Å². The van der Waals surface area contributed by atoms with E-state index in [0.717, 1.165) is 37.2 Å².